The molecule has 1 fully saturated rings. The van der Waals surface area contributed by atoms with Crippen molar-refractivity contribution in [1.82, 2.24) is 0 Å². The molecule has 0 N–H and O–H groups in total. The zero-order valence-corrected chi connectivity index (χ0v) is 5.28. The quantitative estimate of drug-likeness (QED) is 0.497. The van der Waals surface area contributed by atoms with Crippen LogP contribution in [-0.4, -0.2) is 0 Å². The standard InChI is InChI=1S/C7H14/c1-3-6-5-7(6)4-2/h6-7H,3-5H2,1-2H3/t6-,7?/m0/s1. The average molecular weight is 98.2 g/mol. The molecule has 0 radical (unpaired) electrons. The van der Waals surface area contributed by atoms with Gasteiger partial charge in [0, 0.05) is 0 Å². The van der Waals surface area contributed by atoms with E-state index in [1.165, 1.54) is 19.3 Å². The molecule has 1 saturated carbocycles. The molecule has 7 heavy (non-hydrogen) atoms. The maximum Gasteiger partial charge on any atom is -0.0386 e. The van der Waals surface area contributed by atoms with Gasteiger partial charge >= 0.3 is 0 Å². The fourth-order valence-electron chi connectivity index (χ4n) is 1.31. The SMILES string of the molecule is CCC1C[C@@H]1CC. The van der Waals surface area contributed by atoms with Crippen molar-refractivity contribution in [2.75, 3.05) is 0 Å². The van der Waals surface area contributed by atoms with Gasteiger partial charge in [-0.25, -0.2) is 0 Å². The fraction of sp³-hybridized carbons (Fsp3) is 1.00. The number of rotatable bonds is 2. The second-order valence-electron chi connectivity index (χ2n) is 2.57. The minimum atomic E-state index is 1.12. The highest BCUT2D eigenvalue weighted by atomic mass is 14.4. The predicted molar refractivity (Wildman–Crippen MR) is 32.2 cm³/mol. The summed E-state index contributed by atoms with van der Waals surface area (Å²) in [4.78, 5) is 0. The molecule has 0 aromatic rings. The van der Waals surface area contributed by atoms with Crippen LogP contribution in [0.4, 0.5) is 0 Å². The summed E-state index contributed by atoms with van der Waals surface area (Å²) in [6.45, 7) is 4.58. The molecule has 42 valence electrons. The summed E-state index contributed by atoms with van der Waals surface area (Å²) in [5.41, 5.74) is 0. The Labute approximate surface area is 45.9 Å². The van der Waals surface area contributed by atoms with E-state index in [-0.39, 0.29) is 0 Å². The minimum absolute atomic E-state index is 1.12. The van der Waals surface area contributed by atoms with Gasteiger partial charge in [-0.1, -0.05) is 26.7 Å². The Kier molecular flexibility index (Phi) is 1.36. The van der Waals surface area contributed by atoms with Gasteiger partial charge in [0.25, 0.3) is 0 Å². The van der Waals surface area contributed by atoms with Crippen LogP contribution in [0.3, 0.4) is 0 Å². The Balaban J connectivity index is 2.06. The van der Waals surface area contributed by atoms with Gasteiger partial charge < -0.3 is 0 Å². The molecular formula is C7H14. The zero-order valence-electron chi connectivity index (χ0n) is 5.28. The first kappa shape index (κ1) is 5.14. The van der Waals surface area contributed by atoms with Gasteiger partial charge in [-0.2, -0.15) is 0 Å². The summed E-state index contributed by atoms with van der Waals surface area (Å²) in [6.07, 6.45) is 4.35. The van der Waals surface area contributed by atoms with Crippen molar-refractivity contribution in [1.29, 1.82) is 0 Å². The lowest BCUT2D eigenvalue weighted by molar-refractivity contribution is 0.663. The third-order valence-corrected chi connectivity index (χ3v) is 2.12. The Hall–Kier alpha value is 0. The largest absolute Gasteiger partial charge is 0.0651 e. The second-order valence-corrected chi connectivity index (χ2v) is 2.57. The van der Waals surface area contributed by atoms with Crippen LogP contribution < -0.4 is 0 Å². The van der Waals surface area contributed by atoms with Gasteiger partial charge in [0.2, 0.25) is 0 Å². The molecule has 0 aliphatic heterocycles. The lowest BCUT2D eigenvalue weighted by atomic mass is 10.2. The molecule has 0 amide bonds. The normalized spacial score (nSPS) is 38.6. The van der Waals surface area contributed by atoms with Gasteiger partial charge in [-0.05, 0) is 18.3 Å². The van der Waals surface area contributed by atoms with E-state index in [0.29, 0.717) is 0 Å². The maximum absolute atomic E-state index is 2.29. The molecule has 1 unspecified atom stereocenters. The third kappa shape index (κ3) is 0.960. The molecular weight excluding hydrogens is 84.1 g/mol. The van der Waals surface area contributed by atoms with Crippen LogP contribution in [0.2, 0.25) is 0 Å². The van der Waals surface area contributed by atoms with E-state index in [2.05, 4.69) is 13.8 Å². The Morgan fingerprint density at radius 1 is 1.14 bits per heavy atom. The summed E-state index contributed by atoms with van der Waals surface area (Å²) in [5.74, 6) is 2.23. The van der Waals surface area contributed by atoms with Crippen molar-refractivity contribution in [3.63, 3.8) is 0 Å². The molecule has 0 saturated heterocycles. The van der Waals surface area contributed by atoms with Gasteiger partial charge in [-0.15, -0.1) is 0 Å². The van der Waals surface area contributed by atoms with Crippen molar-refractivity contribution in [2.45, 2.75) is 33.1 Å². The van der Waals surface area contributed by atoms with E-state index in [4.69, 9.17) is 0 Å². The van der Waals surface area contributed by atoms with Crippen molar-refractivity contribution >= 4 is 0 Å². The highest BCUT2D eigenvalue weighted by molar-refractivity contribution is 4.83. The lowest BCUT2D eigenvalue weighted by Crippen LogP contribution is -1.74. The average Bonchev–Trinajstić information content (AvgIpc) is 2.43. The van der Waals surface area contributed by atoms with E-state index in [9.17, 15) is 0 Å². The molecule has 1 aliphatic carbocycles. The molecule has 0 heterocycles. The molecule has 1 aliphatic rings. The Morgan fingerprint density at radius 3 is 1.71 bits per heavy atom. The van der Waals surface area contributed by atoms with Crippen LogP contribution in [0, 0.1) is 11.8 Å². The van der Waals surface area contributed by atoms with Crippen molar-refractivity contribution < 1.29 is 0 Å². The van der Waals surface area contributed by atoms with E-state index in [1.807, 2.05) is 0 Å². The van der Waals surface area contributed by atoms with Crippen molar-refractivity contribution in [3.8, 4) is 0 Å². The highest BCUT2D eigenvalue weighted by Gasteiger charge is 2.32. The highest BCUT2D eigenvalue weighted by Crippen LogP contribution is 2.42. The van der Waals surface area contributed by atoms with Crippen LogP contribution in [0.1, 0.15) is 33.1 Å². The molecule has 0 aromatic heterocycles. The van der Waals surface area contributed by atoms with Crippen LogP contribution in [-0.2, 0) is 0 Å². The molecule has 2 atom stereocenters. The first-order valence-corrected chi connectivity index (χ1v) is 3.38. The Morgan fingerprint density at radius 2 is 1.57 bits per heavy atom. The van der Waals surface area contributed by atoms with Crippen LogP contribution in [0.15, 0.2) is 0 Å². The summed E-state index contributed by atoms with van der Waals surface area (Å²) < 4.78 is 0. The summed E-state index contributed by atoms with van der Waals surface area (Å²) in [6, 6.07) is 0. The smallest absolute Gasteiger partial charge is 0.0386 e. The van der Waals surface area contributed by atoms with Gasteiger partial charge in [0.15, 0.2) is 0 Å². The molecule has 0 spiro atoms. The molecule has 0 nitrogen and oxygen atoms in total. The zero-order chi connectivity index (χ0) is 5.28. The van der Waals surface area contributed by atoms with Gasteiger partial charge in [0.1, 0.15) is 0 Å². The maximum atomic E-state index is 2.29. The first-order valence-electron chi connectivity index (χ1n) is 3.38. The number of hydrogen-bond donors (Lipinski definition) is 0. The van der Waals surface area contributed by atoms with E-state index in [0.717, 1.165) is 11.8 Å². The van der Waals surface area contributed by atoms with Crippen LogP contribution >= 0.6 is 0 Å². The van der Waals surface area contributed by atoms with Gasteiger partial charge in [0.05, 0.1) is 0 Å². The third-order valence-electron chi connectivity index (χ3n) is 2.12. The molecule has 0 heteroatoms. The lowest BCUT2D eigenvalue weighted by Gasteiger charge is -1.85. The van der Waals surface area contributed by atoms with E-state index in [1.54, 1.807) is 0 Å². The topological polar surface area (TPSA) is 0 Å². The molecule has 0 bridgehead atoms. The van der Waals surface area contributed by atoms with Crippen LogP contribution in [0.25, 0.3) is 0 Å². The van der Waals surface area contributed by atoms with Crippen molar-refractivity contribution in [2.24, 2.45) is 11.8 Å². The minimum Gasteiger partial charge on any atom is -0.0651 e. The monoisotopic (exact) mass is 98.1 g/mol. The molecule has 1 rings (SSSR count). The van der Waals surface area contributed by atoms with Crippen molar-refractivity contribution in [3.05, 3.63) is 0 Å². The summed E-state index contributed by atoms with van der Waals surface area (Å²) in [5, 5.41) is 0. The predicted octanol–water partition coefficient (Wildman–Crippen LogP) is 2.44. The van der Waals surface area contributed by atoms with Gasteiger partial charge in [-0.3, -0.25) is 0 Å². The van der Waals surface area contributed by atoms with E-state index >= 15 is 0 Å². The number of hydrogen-bond acceptors (Lipinski definition) is 0. The first-order chi connectivity index (χ1) is 3.38. The summed E-state index contributed by atoms with van der Waals surface area (Å²) >= 11 is 0. The molecule has 0 aromatic carbocycles. The summed E-state index contributed by atoms with van der Waals surface area (Å²) in [7, 11) is 0. The van der Waals surface area contributed by atoms with E-state index < -0.39 is 0 Å². The fourth-order valence-corrected chi connectivity index (χ4v) is 1.31. The van der Waals surface area contributed by atoms with Crippen LogP contribution in [0.5, 0.6) is 0 Å². The Bertz CT molecular complexity index is 49.1. The second kappa shape index (κ2) is 1.85.